The van der Waals surface area contributed by atoms with Gasteiger partial charge in [-0.1, -0.05) is 0 Å². The summed E-state index contributed by atoms with van der Waals surface area (Å²) < 4.78 is 15.8. The second-order valence-corrected chi connectivity index (χ2v) is 6.46. The molecule has 0 bridgehead atoms. The van der Waals surface area contributed by atoms with Gasteiger partial charge in [0.05, 0.1) is 38.4 Å². The fraction of sp³-hybridized carbons (Fsp3) is 0.222. The standard InChI is InChI=1S/C18H19N3O4S/c1-11-16(26-17(20-11)15-5-4-8-25-15)10-19-18(22)21-13-9-12(23-2)6-7-14(13)24-3/h4-9H,10H2,1-3H3,(H2,19,21,22). The second kappa shape index (κ2) is 7.92. The van der Waals surface area contributed by atoms with Crippen LogP contribution in [0.15, 0.2) is 41.0 Å². The van der Waals surface area contributed by atoms with Gasteiger partial charge in [-0.15, -0.1) is 11.3 Å². The van der Waals surface area contributed by atoms with Gasteiger partial charge in [0.15, 0.2) is 10.8 Å². The Morgan fingerprint density at radius 2 is 2.12 bits per heavy atom. The summed E-state index contributed by atoms with van der Waals surface area (Å²) in [6.45, 7) is 2.27. The number of nitrogens with zero attached hydrogens (tertiary/aromatic N) is 1. The molecule has 2 amide bonds. The SMILES string of the molecule is COc1ccc(OC)c(NC(=O)NCc2sc(-c3ccco3)nc2C)c1. The molecule has 0 spiro atoms. The maximum atomic E-state index is 12.2. The quantitative estimate of drug-likeness (QED) is 0.681. The van der Waals surface area contributed by atoms with Crippen molar-refractivity contribution in [2.24, 2.45) is 0 Å². The molecule has 0 aliphatic rings. The molecule has 2 aromatic heterocycles. The van der Waals surface area contributed by atoms with Crippen molar-refractivity contribution in [1.82, 2.24) is 10.3 Å². The number of aromatic nitrogens is 1. The van der Waals surface area contributed by atoms with Crippen LogP contribution in [0.2, 0.25) is 0 Å². The molecule has 2 heterocycles. The summed E-state index contributed by atoms with van der Waals surface area (Å²) in [4.78, 5) is 17.7. The van der Waals surface area contributed by atoms with Crippen molar-refractivity contribution in [2.75, 3.05) is 19.5 Å². The molecule has 0 aliphatic carbocycles. The van der Waals surface area contributed by atoms with Crippen LogP contribution in [-0.4, -0.2) is 25.2 Å². The Bertz CT molecular complexity index is 890. The molecule has 26 heavy (non-hydrogen) atoms. The van der Waals surface area contributed by atoms with Crippen molar-refractivity contribution in [3.05, 3.63) is 47.2 Å². The van der Waals surface area contributed by atoms with Crippen LogP contribution in [0, 0.1) is 6.92 Å². The van der Waals surface area contributed by atoms with Crippen LogP contribution in [0.5, 0.6) is 11.5 Å². The average molecular weight is 373 g/mol. The maximum Gasteiger partial charge on any atom is 0.319 e. The molecule has 1 aromatic carbocycles. The smallest absolute Gasteiger partial charge is 0.319 e. The zero-order valence-electron chi connectivity index (χ0n) is 14.7. The van der Waals surface area contributed by atoms with Crippen LogP contribution in [-0.2, 0) is 6.54 Å². The Kier molecular flexibility index (Phi) is 5.43. The molecule has 0 unspecified atom stereocenters. The van der Waals surface area contributed by atoms with Gasteiger partial charge in [-0.25, -0.2) is 9.78 Å². The van der Waals surface area contributed by atoms with E-state index in [0.29, 0.717) is 23.7 Å². The Morgan fingerprint density at radius 3 is 2.81 bits per heavy atom. The van der Waals surface area contributed by atoms with E-state index in [4.69, 9.17) is 13.9 Å². The number of carbonyl (C=O) groups is 1. The number of nitrogens with one attached hydrogen (secondary N) is 2. The predicted molar refractivity (Wildman–Crippen MR) is 100.0 cm³/mol. The summed E-state index contributed by atoms with van der Waals surface area (Å²) in [5, 5.41) is 6.39. The Hall–Kier alpha value is -3.00. The maximum absolute atomic E-state index is 12.2. The lowest BCUT2D eigenvalue weighted by Crippen LogP contribution is -2.28. The fourth-order valence-electron chi connectivity index (χ4n) is 2.34. The molecule has 0 atom stereocenters. The highest BCUT2D eigenvalue weighted by Crippen LogP contribution is 2.29. The number of urea groups is 1. The van der Waals surface area contributed by atoms with Gasteiger partial charge >= 0.3 is 6.03 Å². The third-order valence-electron chi connectivity index (χ3n) is 3.69. The van der Waals surface area contributed by atoms with Gasteiger partial charge in [-0.05, 0) is 31.2 Å². The molecule has 0 saturated carbocycles. The van der Waals surface area contributed by atoms with Gasteiger partial charge in [0, 0.05) is 10.9 Å². The number of rotatable bonds is 6. The van der Waals surface area contributed by atoms with Gasteiger partial charge in [0.1, 0.15) is 11.5 Å². The Balaban J connectivity index is 1.65. The van der Waals surface area contributed by atoms with E-state index >= 15 is 0 Å². The van der Waals surface area contributed by atoms with Crippen molar-refractivity contribution in [3.8, 4) is 22.3 Å². The molecule has 0 aliphatic heterocycles. The van der Waals surface area contributed by atoms with E-state index in [9.17, 15) is 4.79 Å². The first kappa shape index (κ1) is 17.8. The lowest BCUT2D eigenvalue weighted by atomic mass is 10.2. The second-order valence-electron chi connectivity index (χ2n) is 5.38. The largest absolute Gasteiger partial charge is 0.497 e. The molecule has 0 fully saturated rings. The van der Waals surface area contributed by atoms with Crippen LogP contribution in [0.3, 0.4) is 0 Å². The lowest BCUT2D eigenvalue weighted by molar-refractivity contribution is 0.251. The fourth-order valence-corrected chi connectivity index (χ4v) is 3.31. The molecule has 3 rings (SSSR count). The summed E-state index contributed by atoms with van der Waals surface area (Å²) in [5.41, 5.74) is 1.39. The van der Waals surface area contributed by atoms with Crippen molar-refractivity contribution in [1.29, 1.82) is 0 Å². The van der Waals surface area contributed by atoms with E-state index in [1.807, 2.05) is 19.1 Å². The third-order valence-corrected chi connectivity index (χ3v) is 4.86. The molecule has 0 radical (unpaired) electrons. The van der Waals surface area contributed by atoms with Gasteiger partial charge < -0.3 is 24.5 Å². The lowest BCUT2D eigenvalue weighted by Gasteiger charge is -2.12. The highest BCUT2D eigenvalue weighted by atomic mass is 32.1. The zero-order valence-corrected chi connectivity index (χ0v) is 15.5. The van der Waals surface area contributed by atoms with E-state index in [0.717, 1.165) is 21.3 Å². The highest BCUT2D eigenvalue weighted by Gasteiger charge is 2.13. The minimum Gasteiger partial charge on any atom is -0.497 e. The van der Waals surface area contributed by atoms with E-state index in [1.54, 1.807) is 38.7 Å². The third kappa shape index (κ3) is 3.97. The van der Waals surface area contributed by atoms with E-state index in [-0.39, 0.29) is 6.03 Å². The number of carbonyl (C=O) groups excluding carboxylic acids is 1. The zero-order chi connectivity index (χ0) is 18.5. The molecule has 0 saturated heterocycles. The number of methoxy groups -OCH3 is 2. The number of benzene rings is 1. The monoisotopic (exact) mass is 373 g/mol. The van der Waals surface area contributed by atoms with E-state index < -0.39 is 0 Å². The van der Waals surface area contributed by atoms with Gasteiger partial charge in [-0.2, -0.15) is 0 Å². The molecule has 2 N–H and O–H groups in total. The van der Waals surface area contributed by atoms with Crippen molar-refractivity contribution in [2.45, 2.75) is 13.5 Å². The van der Waals surface area contributed by atoms with Crippen molar-refractivity contribution in [3.63, 3.8) is 0 Å². The molecular weight excluding hydrogens is 354 g/mol. The number of hydrogen-bond donors (Lipinski definition) is 2. The topological polar surface area (TPSA) is 85.6 Å². The number of amides is 2. The number of ether oxygens (including phenoxy) is 2. The van der Waals surface area contributed by atoms with Crippen molar-refractivity contribution >= 4 is 23.1 Å². The minimum absolute atomic E-state index is 0.344. The normalized spacial score (nSPS) is 10.4. The average Bonchev–Trinajstić information content (AvgIpc) is 3.29. The summed E-state index contributed by atoms with van der Waals surface area (Å²) in [5.74, 6) is 1.90. The molecule has 7 nitrogen and oxygen atoms in total. The minimum atomic E-state index is -0.344. The summed E-state index contributed by atoms with van der Waals surface area (Å²) >= 11 is 1.49. The predicted octanol–water partition coefficient (Wildman–Crippen LogP) is 4.05. The highest BCUT2D eigenvalue weighted by molar-refractivity contribution is 7.15. The van der Waals surface area contributed by atoms with Gasteiger partial charge in [-0.3, -0.25) is 0 Å². The van der Waals surface area contributed by atoms with Gasteiger partial charge in [0.2, 0.25) is 0 Å². The Morgan fingerprint density at radius 1 is 1.27 bits per heavy atom. The van der Waals surface area contributed by atoms with Crippen LogP contribution in [0.25, 0.3) is 10.8 Å². The van der Waals surface area contributed by atoms with Crippen LogP contribution in [0.1, 0.15) is 10.6 Å². The molecule has 3 aromatic rings. The van der Waals surface area contributed by atoms with Crippen LogP contribution in [0.4, 0.5) is 10.5 Å². The van der Waals surface area contributed by atoms with Crippen molar-refractivity contribution < 1.29 is 18.7 Å². The first-order valence-corrected chi connectivity index (χ1v) is 8.69. The Labute approximate surface area is 155 Å². The molecular formula is C18H19N3O4S. The van der Waals surface area contributed by atoms with Crippen LogP contribution >= 0.6 is 11.3 Å². The summed E-state index contributed by atoms with van der Waals surface area (Å²) in [6, 6.07) is 8.53. The number of thiazole rings is 1. The molecule has 136 valence electrons. The summed E-state index contributed by atoms with van der Waals surface area (Å²) in [6.07, 6.45) is 1.61. The molecule has 8 heteroatoms. The first-order valence-electron chi connectivity index (χ1n) is 7.87. The first-order chi connectivity index (χ1) is 12.6. The van der Waals surface area contributed by atoms with Gasteiger partial charge in [0.25, 0.3) is 0 Å². The number of aryl methyl sites for hydroxylation is 1. The number of anilines is 1. The van der Waals surface area contributed by atoms with E-state index in [2.05, 4.69) is 15.6 Å². The van der Waals surface area contributed by atoms with E-state index in [1.165, 1.54) is 11.3 Å². The van der Waals surface area contributed by atoms with Crippen LogP contribution < -0.4 is 20.1 Å². The summed E-state index contributed by atoms with van der Waals surface area (Å²) in [7, 11) is 3.11. The number of furan rings is 1. The number of hydrogen-bond acceptors (Lipinski definition) is 6.